The van der Waals surface area contributed by atoms with Crippen molar-refractivity contribution in [2.45, 2.75) is 13.2 Å². The van der Waals surface area contributed by atoms with Crippen molar-refractivity contribution in [1.29, 1.82) is 0 Å². The summed E-state index contributed by atoms with van der Waals surface area (Å²) in [6.45, 7) is 0.317. The van der Waals surface area contributed by atoms with Crippen LogP contribution in [0.5, 0.6) is 5.88 Å². The minimum atomic E-state index is -0.000904. The normalized spacial score (nSPS) is 10.8. The van der Waals surface area contributed by atoms with Gasteiger partial charge in [-0.1, -0.05) is 24.3 Å². The van der Waals surface area contributed by atoms with Crippen LogP contribution < -0.4 is 10.5 Å². The van der Waals surface area contributed by atoms with E-state index < -0.39 is 0 Å². The molecule has 2 aromatic heterocycles. The first-order valence-corrected chi connectivity index (χ1v) is 6.04. The van der Waals surface area contributed by atoms with E-state index in [1.165, 1.54) is 6.33 Å². The molecule has 0 atom stereocenters. The van der Waals surface area contributed by atoms with Gasteiger partial charge in [0.2, 0.25) is 11.8 Å². The first-order chi connectivity index (χ1) is 9.76. The largest absolute Gasteiger partial charge is 0.471 e. The summed E-state index contributed by atoms with van der Waals surface area (Å²) in [5.74, 6) is 0.475. The fourth-order valence-corrected chi connectivity index (χ4v) is 1.90. The highest BCUT2D eigenvalue weighted by Crippen LogP contribution is 2.20. The lowest BCUT2D eigenvalue weighted by Gasteiger charge is -2.07. The zero-order chi connectivity index (χ0) is 13.9. The van der Waals surface area contributed by atoms with Crippen LogP contribution in [0.1, 0.15) is 11.1 Å². The number of aliphatic hydroxyl groups excluding tert-OH is 1. The second-order valence-corrected chi connectivity index (χ2v) is 4.25. The first kappa shape index (κ1) is 12.4. The van der Waals surface area contributed by atoms with Gasteiger partial charge < -0.3 is 20.6 Å². The van der Waals surface area contributed by atoms with Gasteiger partial charge in [0.1, 0.15) is 12.1 Å². The minimum Gasteiger partial charge on any atom is -0.471 e. The molecule has 0 aliphatic carbocycles. The van der Waals surface area contributed by atoms with E-state index in [9.17, 15) is 0 Å². The van der Waals surface area contributed by atoms with Crippen LogP contribution in [0.2, 0.25) is 0 Å². The number of nitrogens with zero attached hydrogens (tertiary/aromatic N) is 3. The molecule has 7 heteroatoms. The molecule has 20 heavy (non-hydrogen) atoms. The zero-order valence-corrected chi connectivity index (χ0v) is 10.6. The molecule has 7 nitrogen and oxygen atoms in total. The summed E-state index contributed by atoms with van der Waals surface area (Å²) in [6.07, 6.45) is 1.51. The fraction of sp³-hybridized carbons (Fsp3) is 0.154. The van der Waals surface area contributed by atoms with Gasteiger partial charge in [-0.15, -0.1) is 0 Å². The first-order valence-electron chi connectivity index (χ1n) is 6.04. The zero-order valence-electron chi connectivity index (χ0n) is 10.6. The molecule has 102 valence electrons. The lowest BCUT2D eigenvalue weighted by atomic mass is 10.1. The van der Waals surface area contributed by atoms with Gasteiger partial charge in [0.05, 0.1) is 12.9 Å². The number of aromatic nitrogens is 4. The highest BCUT2D eigenvalue weighted by molar-refractivity contribution is 5.76. The maximum absolute atomic E-state index is 9.11. The van der Waals surface area contributed by atoms with Crippen LogP contribution in [0, 0.1) is 0 Å². The molecule has 0 amide bonds. The lowest BCUT2D eigenvalue weighted by molar-refractivity contribution is 0.279. The molecule has 0 aliphatic rings. The summed E-state index contributed by atoms with van der Waals surface area (Å²) >= 11 is 0. The number of fused-ring (bicyclic) bond motifs is 1. The third-order valence-corrected chi connectivity index (χ3v) is 2.82. The van der Waals surface area contributed by atoms with Crippen LogP contribution in [0.4, 0.5) is 5.95 Å². The van der Waals surface area contributed by atoms with E-state index in [0.717, 1.165) is 11.1 Å². The van der Waals surface area contributed by atoms with Gasteiger partial charge in [0.25, 0.3) is 0 Å². The molecule has 4 N–H and O–H groups in total. The maximum atomic E-state index is 9.11. The molecule has 0 saturated heterocycles. The lowest BCUT2D eigenvalue weighted by Crippen LogP contribution is -2.02. The van der Waals surface area contributed by atoms with E-state index >= 15 is 0 Å². The van der Waals surface area contributed by atoms with E-state index in [0.29, 0.717) is 23.7 Å². The number of rotatable bonds is 4. The van der Waals surface area contributed by atoms with Crippen LogP contribution in [0.25, 0.3) is 11.2 Å². The fourth-order valence-electron chi connectivity index (χ4n) is 1.90. The third-order valence-electron chi connectivity index (χ3n) is 2.82. The van der Waals surface area contributed by atoms with Crippen molar-refractivity contribution >= 4 is 17.1 Å². The summed E-state index contributed by atoms with van der Waals surface area (Å²) in [5, 5.41) is 9.11. The van der Waals surface area contributed by atoms with Gasteiger partial charge in [-0.05, 0) is 11.1 Å². The average Bonchev–Trinajstić information content (AvgIpc) is 2.93. The Morgan fingerprint density at radius 1 is 1.25 bits per heavy atom. The SMILES string of the molecule is Nc1nc(OCc2cccc(CO)c2)c2[nH]cnc2n1. The second kappa shape index (κ2) is 5.14. The van der Waals surface area contributed by atoms with Crippen molar-refractivity contribution in [2.24, 2.45) is 0 Å². The van der Waals surface area contributed by atoms with Crippen LogP contribution in [-0.2, 0) is 13.2 Å². The number of ether oxygens (including phenoxy) is 1. The topological polar surface area (TPSA) is 110 Å². The summed E-state index contributed by atoms with van der Waals surface area (Å²) in [7, 11) is 0. The molecular weight excluding hydrogens is 258 g/mol. The van der Waals surface area contributed by atoms with Gasteiger partial charge in [-0.3, -0.25) is 0 Å². The van der Waals surface area contributed by atoms with Crippen LogP contribution in [0.15, 0.2) is 30.6 Å². The predicted octanol–water partition coefficient (Wildman–Crippen LogP) is 1.01. The monoisotopic (exact) mass is 271 g/mol. The molecule has 0 unspecified atom stereocenters. The van der Waals surface area contributed by atoms with Gasteiger partial charge in [0.15, 0.2) is 5.65 Å². The predicted molar refractivity (Wildman–Crippen MR) is 72.8 cm³/mol. The summed E-state index contributed by atoms with van der Waals surface area (Å²) < 4.78 is 5.66. The Balaban J connectivity index is 1.84. The molecule has 3 aromatic rings. The minimum absolute atomic E-state index is 0.000904. The van der Waals surface area contributed by atoms with Crippen molar-refractivity contribution in [3.05, 3.63) is 41.7 Å². The summed E-state index contributed by atoms with van der Waals surface area (Å²) in [5.41, 5.74) is 8.45. The van der Waals surface area contributed by atoms with Gasteiger partial charge >= 0.3 is 0 Å². The Hall–Kier alpha value is -2.67. The Morgan fingerprint density at radius 2 is 2.10 bits per heavy atom. The van der Waals surface area contributed by atoms with Crippen LogP contribution >= 0.6 is 0 Å². The van der Waals surface area contributed by atoms with E-state index in [-0.39, 0.29) is 12.6 Å². The molecule has 0 bridgehead atoms. The number of benzene rings is 1. The number of nitrogens with one attached hydrogen (secondary N) is 1. The van der Waals surface area contributed by atoms with E-state index in [2.05, 4.69) is 19.9 Å². The van der Waals surface area contributed by atoms with E-state index in [1.807, 2.05) is 24.3 Å². The van der Waals surface area contributed by atoms with E-state index in [4.69, 9.17) is 15.6 Å². The van der Waals surface area contributed by atoms with Crippen LogP contribution in [0.3, 0.4) is 0 Å². The summed E-state index contributed by atoms with van der Waals surface area (Å²) in [6, 6.07) is 7.49. The highest BCUT2D eigenvalue weighted by atomic mass is 16.5. The standard InChI is InChI=1S/C13H13N5O2/c14-13-17-11-10(15-7-16-11)12(18-13)20-6-9-3-1-2-8(4-9)5-19/h1-4,7,19H,5-6H2,(H3,14,15,16,17,18). The van der Waals surface area contributed by atoms with E-state index in [1.54, 1.807) is 0 Å². The number of H-pyrrole nitrogens is 1. The molecule has 2 heterocycles. The Morgan fingerprint density at radius 3 is 2.95 bits per heavy atom. The molecule has 0 radical (unpaired) electrons. The van der Waals surface area contributed by atoms with Crippen molar-refractivity contribution in [1.82, 2.24) is 19.9 Å². The third kappa shape index (κ3) is 2.39. The molecule has 0 fully saturated rings. The molecule has 0 spiro atoms. The average molecular weight is 271 g/mol. The molecule has 3 rings (SSSR count). The van der Waals surface area contributed by atoms with Crippen LogP contribution in [-0.4, -0.2) is 25.0 Å². The second-order valence-electron chi connectivity index (χ2n) is 4.25. The van der Waals surface area contributed by atoms with Gasteiger partial charge in [0, 0.05) is 0 Å². The number of nitrogens with two attached hydrogens (primary N) is 1. The molecule has 1 aromatic carbocycles. The number of imidazole rings is 1. The Bertz CT molecular complexity index is 740. The maximum Gasteiger partial charge on any atom is 0.245 e. The molecule has 0 aliphatic heterocycles. The van der Waals surface area contributed by atoms with Gasteiger partial charge in [-0.2, -0.15) is 9.97 Å². The van der Waals surface area contributed by atoms with Gasteiger partial charge in [-0.25, -0.2) is 4.98 Å². The molecular formula is C13H13N5O2. The summed E-state index contributed by atoms with van der Waals surface area (Å²) in [4.78, 5) is 15.0. The quantitative estimate of drug-likeness (QED) is 0.653. The number of aromatic amines is 1. The number of hydrogen-bond donors (Lipinski definition) is 3. The van der Waals surface area contributed by atoms with Crippen molar-refractivity contribution in [3.8, 4) is 5.88 Å². The highest BCUT2D eigenvalue weighted by Gasteiger charge is 2.09. The van der Waals surface area contributed by atoms with Crippen molar-refractivity contribution in [2.75, 3.05) is 5.73 Å². The number of hydrogen-bond acceptors (Lipinski definition) is 6. The Labute approximate surface area is 114 Å². The smallest absolute Gasteiger partial charge is 0.245 e. The van der Waals surface area contributed by atoms with Crippen molar-refractivity contribution in [3.63, 3.8) is 0 Å². The Kier molecular flexibility index (Phi) is 3.18. The number of aliphatic hydroxyl groups is 1. The molecule has 0 saturated carbocycles. The number of nitrogen functional groups attached to an aromatic ring is 1. The number of anilines is 1. The van der Waals surface area contributed by atoms with Crippen molar-refractivity contribution < 1.29 is 9.84 Å².